The van der Waals surface area contributed by atoms with Gasteiger partial charge in [-0.1, -0.05) is 23.4 Å². The lowest BCUT2D eigenvalue weighted by Gasteiger charge is -2.19. The summed E-state index contributed by atoms with van der Waals surface area (Å²) in [6.45, 7) is 7.30. The van der Waals surface area contributed by atoms with Gasteiger partial charge in [0.1, 0.15) is 22.1 Å². The highest BCUT2D eigenvalue weighted by molar-refractivity contribution is 8.18. The maximum atomic E-state index is 12.8. The molecule has 0 amide bonds. The van der Waals surface area contributed by atoms with Gasteiger partial charge < -0.3 is 19.3 Å². The third kappa shape index (κ3) is 5.75. The van der Waals surface area contributed by atoms with Crippen LogP contribution >= 0.6 is 23.4 Å². The molecule has 9 nitrogen and oxygen atoms in total. The van der Waals surface area contributed by atoms with E-state index in [0.29, 0.717) is 32.0 Å². The summed E-state index contributed by atoms with van der Waals surface area (Å²) in [5.41, 5.74) is 4.44. The highest BCUT2D eigenvalue weighted by Crippen LogP contribution is 2.41. The van der Waals surface area contributed by atoms with Crippen molar-refractivity contribution in [2.45, 2.75) is 33.6 Å². The zero-order valence-corrected chi connectivity index (χ0v) is 24.5. The van der Waals surface area contributed by atoms with Crippen LogP contribution in [-0.2, 0) is 9.53 Å². The minimum atomic E-state index is -0.663. The van der Waals surface area contributed by atoms with Gasteiger partial charge in [-0.2, -0.15) is 0 Å². The van der Waals surface area contributed by atoms with Crippen molar-refractivity contribution in [3.63, 3.8) is 0 Å². The predicted octanol–water partition coefficient (Wildman–Crippen LogP) is 7.45. The molecule has 0 unspecified atom stereocenters. The molecule has 1 N–H and O–H groups in total. The minimum Gasteiger partial charge on any atom is -0.506 e. The van der Waals surface area contributed by atoms with Gasteiger partial charge in [-0.05, 0) is 87.7 Å². The average Bonchev–Trinajstić information content (AvgIpc) is 3.64. The summed E-state index contributed by atoms with van der Waals surface area (Å²) < 4.78 is 7.15. The van der Waals surface area contributed by atoms with Gasteiger partial charge in [0.05, 0.1) is 27.8 Å². The number of ether oxygens (including phenoxy) is 1. The van der Waals surface area contributed by atoms with Crippen molar-refractivity contribution in [3.05, 3.63) is 96.9 Å². The van der Waals surface area contributed by atoms with E-state index in [-0.39, 0.29) is 28.5 Å². The van der Waals surface area contributed by atoms with Crippen molar-refractivity contribution in [1.29, 1.82) is 0 Å². The van der Waals surface area contributed by atoms with Crippen LogP contribution in [0.25, 0.3) is 11.8 Å². The molecule has 1 saturated heterocycles. The summed E-state index contributed by atoms with van der Waals surface area (Å²) >= 11 is 7.16. The third-order valence-electron chi connectivity index (χ3n) is 7.05. The van der Waals surface area contributed by atoms with Crippen molar-refractivity contribution in [1.82, 2.24) is 4.57 Å². The highest BCUT2D eigenvalue weighted by atomic mass is 35.5. The van der Waals surface area contributed by atoms with Crippen LogP contribution in [0.1, 0.15) is 36.7 Å². The number of nitro benzene ring substituents is 1. The van der Waals surface area contributed by atoms with E-state index in [1.807, 2.05) is 36.6 Å². The second kappa shape index (κ2) is 11.8. The second-order valence-corrected chi connectivity index (χ2v) is 11.2. The largest absolute Gasteiger partial charge is 0.506 e. The van der Waals surface area contributed by atoms with Crippen molar-refractivity contribution >= 4 is 57.5 Å². The molecule has 1 fully saturated rings. The molecule has 41 heavy (non-hydrogen) atoms. The van der Waals surface area contributed by atoms with Crippen LogP contribution in [0.3, 0.4) is 0 Å². The molecule has 0 aliphatic carbocycles. The van der Waals surface area contributed by atoms with Gasteiger partial charge in [0.2, 0.25) is 0 Å². The second-order valence-electron chi connectivity index (χ2n) is 9.73. The molecule has 0 bridgehead atoms. The van der Waals surface area contributed by atoms with E-state index in [4.69, 9.17) is 16.3 Å². The number of carbonyl (C=O) groups excluding carboxylic acids is 1. The van der Waals surface area contributed by atoms with Gasteiger partial charge in [-0.25, -0.2) is 9.79 Å². The summed E-state index contributed by atoms with van der Waals surface area (Å²) in [6.07, 6.45) is 3.83. The van der Waals surface area contributed by atoms with Gasteiger partial charge in [-0.15, -0.1) is 0 Å². The van der Waals surface area contributed by atoms with Crippen molar-refractivity contribution < 1.29 is 19.6 Å². The Balaban J connectivity index is 1.54. The first-order valence-electron chi connectivity index (χ1n) is 13.3. The lowest BCUT2D eigenvalue weighted by molar-refractivity contribution is -0.384. The Morgan fingerprint density at radius 1 is 1.17 bits per heavy atom. The molecule has 3 heterocycles. The summed E-state index contributed by atoms with van der Waals surface area (Å²) in [7, 11) is 0. The first-order chi connectivity index (χ1) is 19.7. The molecule has 5 rings (SSSR count). The van der Waals surface area contributed by atoms with Crippen LogP contribution in [0.15, 0.2) is 69.8 Å². The molecule has 1 aromatic heterocycles. The van der Waals surface area contributed by atoms with E-state index in [9.17, 15) is 20.0 Å². The molecule has 0 atom stereocenters. The first kappa shape index (κ1) is 28.5. The Labute approximate surface area is 246 Å². The number of hydrogen-bond donors (Lipinski definition) is 1. The van der Waals surface area contributed by atoms with E-state index in [1.165, 1.54) is 11.8 Å². The van der Waals surface area contributed by atoms with E-state index in [0.717, 1.165) is 42.9 Å². The summed E-state index contributed by atoms with van der Waals surface area (Å²) in [6, 6.07) is 14.1. The number of nitro groups is 1. The zero-order chi connectivity index (χ0) is 29.3. The first-order valence-corrected chi connectivity index (χ1v) is 14.4. The minimum absolute atomic E-state index is 0.0000149. The number of aliphatic hydroxyl groups excluding tert-OH is 1. The molecule has 212 valence electrons. The third-order valence-corrected chi connectivity index (χ3v) is 8.32. The smallest absolute Gasteiger partial charge is 0.344 e. The standard InChI is InChI=1S/C30H29ClN4O5S/c1-4-40-30(37)27-28(36)26(41-29(27)32-22-9-7-21(31)8-10-22)16-20-15-18(2)34(19(20)3)23-11-12-24(25(17-23)35(38)39)33-13-5-6-14-33/h7-12,15-17,36H,4-6,13-14H2,1-3H3/b26-16-,32-29?. The monoisotopic (exact) mass is 592 g/mol. The summed E-state index contributed by atoms with van der Waals surface area (Å²) in [5, 5.41) is 24.0. The lowest BCUT2D eigenvalue weighted by atomic mass is 10.1. The number of benzene rings is 2. The fourth-order valence-corrected chi connectivity index (χ4v) is 6.27. The number of thioether (sulfide) groups is 1. The Kier molecular flexibility index (Phi) is 8.23. The number of aliphatic imine (C=N–C) groups is 1. The van der Waals surface area contributed by atoms with E-state index in [1.54, 1.807) is 43.3 Å². The number of aryl methyl sites for hydroxylation is 1. The summed E-state index contributed by atoms with van der Waals surface area (Å²) in [4.78, 5) is 31.5. The number of halogens is 1. The maximum Gasteiger partial charge on any atom is 0.344 e. The topological polar surface area (TPSA) is 110 Å². The van der Waals surface area contributed by atoms with Gasteiger partial charge in [-0.3, -0.25) is 10.1 Å². The normalized spacial score (nSPS) is 17.2. The molecular formula is C30H29ClN4O5S. The van der Waals surface area contributed by atoms with Crippen molar-refractivity contribution in [2.24, 2.45) is 4.99 Å². The number of aromatic nitrogens is 1. The lowest BCUT2D eigenvalue weighted by Crippen LogP contribution is -2.19. The van der Waals surface area contributed by atoms with E-state index in [2.05, 4.69) is 9.89 Å². The molecule has 2 aromatic carbocycles. The molecule has 11 heteroatoms. The van der Waals surface area contributed by atoms with Gasteiger partial charge in [0, 0.05) is 35.6 Å². The SMILES string of the molecule is CCOC(=O)C1=C(O)/C(=C/c2cc(C)n(-c3ccc(N4CCCC4)c([N+](=O)[O-])c3)c2C)SC1=Nc1ccc(Cl)cc1. The highest BCUT2D eigenvalue weighted by Gasteiger charge is 2.33. The average molecular weight is 593 g/mol. The van der Waals surface area contributed by atoms with Crippen LogP contribution in [0.5, 0.6) is 0 Å². The molecule has 0 spiro atoms. The van der Waals surface area contributed by atoms with E-state index < -0.39 is 5.97 Å². The van der Waals surface area contributed by atoms with Crippen molar-refractivity contribution in [2.75, 3.05) is 24.6 Å². The zero-order valence-electron chi connectivity index (χ0n) is 22.9. The Morgan fingerprint density at radius 3 is 2.54 bits per heavy atom. The summed E-state index contributed by atoms with van der Waals surface area (Å²) in [5.74, 6) is -0.874. The van der Waals surface area contributed by atoms with Crippen LogP contribution in [0.4, 0.5) is 17.1 Å². The van der Waals surface area contributed by atoms with Gasteiger partial charge in [0.15, 0.2) is 0 Å². The number of nitrogens with zero attached hydrogens (tertiary/aromatic N) is 4. The van der Waals surface area contributed by atoms with Gasteiger partial charge >= 0.3 is 5.97 Å². The Hall–Kier alpha value is -4.02. The number of rotatable bonds is 7. The molecule has 0 saturated carbocycles. The fraction of sp³-hybridized carbons (Fsp3) is 0.267. The number of carbonyl (C=O) groups is 1. The van der Waals surface area contributed by atoms with Crippen LogP contribution in [0, 0.1) is 24.0 Å². The van der Waals surface area contributed by atoms with Crippen LogP contribution < -0.4 is 4.90 Å². The predicted molar refractivity (Wildman–Crippen MR) is 164 cm³/mol. The Morgan fingerprint density at radius 2 is 1.88 bits per heavy atom. The quantitative estimate of drug-likeness (QED) is 0.172. The van der Waals surface area contributed by atoms with E-state index >= 15 is 0 Å². The van der Waals surface area contributed by atoms with Crippen LogP contribution in [-0.4, -0.2) is 45.3 Å². The van der Waals surface area contributed by atoms with Crippen LogP contribution in [0.2, 0.25) is 5.02 Å². The van der Waals surface area contributed by atoms with Crippen molar-refractivity contribution in [3.8, 4) is 5.69 Å². The fourth-order valence-electron chi connectivity index (χ4n) is 5.12. The molecule has 0 radical (unpaired) electrons. The number of anilines is 1. The number of aliphatic hydroxyl groups is 1. The maximum absolute atomic E-state index is 12.8. The Bertz CT molecular complexity index is 1620. The van der Waals surface area contributed by atoms with Gasteiger partial charge in [0.25, 0.3) is 5.69 Å². The molecular weight excluding hydrogens is 564 g/mol. The molecule has 3 aromatic rings. The molecule has 2 aliphatic heterocycles. The number of esters is 1. The molecule has 2 aliphatic rings. The number of hydrogen-bond acceptors (Lipinski definition) is 8.